The Morgan fingerprint density at radius 2 is 1.70 bits per heavy atom. The van der Waals surface area contributed by atoms with Gasteiger partial charge in [-0.25, -0.2) is 0 Å². The molecule has 0 spiro atoms. The molecule has 0 bridgehead atoms. The zero-order valence-corrected chi connectivity index (χ0v) is 26.1. The van der Waals surface area contributed by atoms with Crippen molar-refractivity contribution in [2.75, 3.05) is 12.0 Å². The molecule has 8 nitrogen and oxygen atoms in total. The lowest BCUT2D eigenvalue weighted by Crippen LogP contribution is -2.60. The van der Waals surface area contributed by atoms with E-state index in [4.69, 9.17) is 23.2 Å². The van der Waals surface area contributed by atoms with E-state index < -0.39 is 45.2 Å². The average Bonchev–Trinajstić information content (AvgIpc) is 3.31. The molecule has 1 saturated carbocycles. The molecule has 4 aliphatic rings. The van der Waals surface area contributed by atoms with Crippen LogP contribution in [-0.4, -0.2) is 65.4 Å². The van der Waals surface area contributed by atoms with Crippen LogP contribution in [0.5, 0.6) is 11.5 Å². The minimum absolute atomic E-state index is 0.0861. The Kier molecular flexibility index (Phi) is 7.50. The molecule has 2 N–H and O–H groups in total. The maximum Gasteiger partial charge on any atom is 0.254 e. The number of nitrogens with zero attached hydrogens (tertiary/aromatic N) is 2. The van der Waals surface area contributed by atoms with Crippen molar-refractivity contribution in [3.05, 3.63) is 83.5 Å². The van der Waals surface area contributed by atoms with Crippen molar-refractivity contribution in [2.45, 2.75) is 41.3 Å². The first-order valence-corrected chi connectivity index (χ1v) is 15.9. The molecule has 2 aromatic rings. The van der Waals surface area contributed by atoms with Gasteiger partial charge in [0.1, 0.15) is 11.5 Å². The molecule has 2 aromatic carbocycles. The van der Waals surface area contributed by atoms with Crippen molar-refractivity contribution in [3.8, 4) is 11.5 Å². The fourth-order valence-electron chi connectivity index (χ4n) is 7.45. The van der Waals surface area contributed by atoms with Crippen molar-refractivity contribution >= 4 is 62.8 Å². The first-order valence-electron chi connectivity index (χ1n) is 14.0. The highest BCUT2D eigenvalue weighted by molar-refractivity contribution is 9.09. The molecular weight excluding hydrogens is 659 g/mol. The van der Waals surface area contributed by atoms with E-state index in [2.05, 4.69) is 22.5 Å². The number of imide groups is 2. The fourth-order valence-corrected chi connectivity index (χ4v) is 8.87. The lowest BCUT2D eigenvalue weighted by atomic mass is 9.56. The third-order valence-corrected chi connectivity index (χ3v) is 11.4. The van der Waals surface area contributed by atoms with Crippen molar-refractivity contribution in [1.82, 2.24) is 9.80 Å². The number of rotatable bonds is 7. The highest BCUT2D eigenvalue weighted by Gasteiger charge is 2.76. The molecule has 0 radical (unpaired) electrons. The van der Waals surface area contributed by atoms with Gasteiger partial charge in [-0.05, 0) is 54.9 Å². The van der Waals surface area contributed by atoms with Gasteiger partial charge in [-0.1, -0.05) is 64.0 Å². The summed E-state index contributed by atoms with van der Waals surface area (Å²) in [6, 6.07) is 11.7. The number of hydrogen-bond acceptors (Lipinski definition) is 6. The zero-order valence-electron chi connectivity index (χ0n) is 23.0. The number of alkyl halides is 3. The third kappa shape index (κ3) is 4.22. The molecule has 2 heterocycles. The average molecular weight is 688 g/mol. The van der Waals surface area contributed by atoms with Gasteiger partial charge in [-0.3, -0.25) is 29.0 Å². The number of carbonyl (C=O) groups excluding carboxylic acids is 4. The molecule has 6 rings (SSSR count). The monoisotopic (exact) mass is 686 g/mol. The van der Waals surface area contributed by atoms with Gasteiger partial charge < -0.3 is 10.2 Å². The van der Waals surface area contributed by atoms with Crippen molar-refractivity contribution in [2.24, 2.45) is 17.8 Å². The van der Waals surface area contributed by atoms with Gasteiger partial charge in [-0.15, -0.1) is 29.8 Å². The van der Waals surface area contributed by atoms with Gasteiger partial charge >= 0.3 is 0 Å². The van der Waals surface area contributed by atoms with Gasteiger partial charge in [0.25, 0.3) is 11.8 Å². The number of hydrogen-bond donors (Lipinski definition) is 2. The molecule has 4 amide bonds. The van der Waals surface area contributed by atoms with Crippen LogP contribution < -0.4 is 0 Å². The minimum Gasteiger partial charge on any atom is -0.508 e. The van der Waals surface area contributed by atoms with Crippen LogP contribution in [-0.2, 0) is 32.0 Å². The van der Waals surface area contributed by atoms with Crippen LogP contribution in [0, 0.1) is 17.8 Å². The van der Waals surface area contributed by atoms with Crippen LogP contribution >= 0.6 is 39.1 Å². The van der Waals surface area contributed by atoms with Crippen LogP contribution in [0.4, 0.5) is 0 Å². The Hall–Kier alpha value is -3.14. The summed E-state index contributed by atoms with van der Waals surface area (Å²) in [7, 11) is 0. The molecule has 0 unspecified atom stereocenters. The van der Waals surface area contributed by atoms with E-state index in [9.17, 15) is 29.4 Å². The number of halogens is 3. The summed E-state index contributed by atoms with van der Waals surface area (Å²) in [5, 5.41) is 21.0. The maximum atomic E-state index is 14.0. The number of likely N-dealkylation sites (tertiary alicyclic amines) is 2. The van der Waals surface area contributed by atoms with E-state index in [1.807, 2.05) is 6.08 Å². The lowest BCUT2D eigenvalue weighted by Gasteiger charge is -2.50. The summed E-state index contributed by atoms with van der Waals surface area (Å²) in [5.41, 5.74) is 2.24. The molecule has 6 atom stereocenters. The number of phenolic OH excluding ortho intramolecular Hbond substituents is 2. The highest BCUT2D eigenvalue weighted by atomic mass is 79.9. The topological polar surface area (TPSA) is 115 Å². The summed E-state index contributed by atoms with van der Waals surface area (Å²) in [5.74, 6) is -5.13. The van der Waals surface area contributed by atoms with E-state index in [1.54, 1.807) is 48.5 Å². The molecule has 2 saturated heterocycles. The number of aromatic hydroxyl groups is 2. The normalized spacial score (nSPS) is 31.6. The van der Waals surface area contributed by atoms with Crippen molar-refractivity contribution in [3.63, 3.8) is 0 Å². The predicted octanol–water partition coefficient (Wildman–Crippen LogP) is 4.78. The first kappa shape index (κ1) is 29.9. The Morgan fingerprint density at radius 3 is 2.37 bits per heavy atom. The lowest BCUT2D eigenvalue weighted by molar-refractivity contribution is -0.141. The van der Waals surface area contributed by atoms with E-state index in [0.717, 1.165) is 10.5 Å². The third-order valence-electron chi connectivity index (χ3n) is 9.49. The minimum atomic E-state index is -1.98. The van der Waals surface area contributed by atoms with Gasteiger partial charge in [0, 0.05) is 18.0 Å². The SMILES string of the molecule is C=CCc1cccc([C@H]2C3=CC[C@@H]4C(=O)N(CCc5ccc(O)cc5)C(=O)[C@@H]4[C@@H]3C[C@@]3(Cl)C(=O)N(CBr)C(=O)[C@@]23Cl)c1O. The summed E-state index contributed by atoms with van der Waals surface area (Å²) in [4.78, 5) is 53.6. The van der Waals surface area contributed by atoms with Crippen LogP contribution in [0.25, 0.3) is 0 Å². The van der Waals surface area contributed by atoms with Gasteiger partial charge in [-0.2, -0.15) is 0 Å². The molecule has 2 aliphatic heterocycles. The van der Waals surface area contributed by atoms with Gasteiger partial charge in [0.2, 0.25) is 11.8 Å². The first-order chi connectivity index (χ1) is 20.5. The van der Waals surface area contributed by atoms with E-state index >= 15 is 0 Å². The van der Waals surface area contributed by atoms with Gasteiger partial charge in [0.05, 0.1) is 17.3 Å². The van der Waals surface area contributed by atoms with E-state index in [0.29, 0.717) is 29.5 Å². The quantitative estimate of drug-likeness (QED) is 0.188. The molecular formula is C32H29BrCl2N2O6. The molecule has 11 heteroatoms. The second-order valence-electron chi connectivity index (χ2n) is 11.6. The van der Waals surface area contributed by atoms with E-state index in [-0.39, 0.29) is 48.2 Å². The smallest absolute Gasteiger partial charge is 0.254 e. The summed E-state index contributed by atoms with van der Waals surface area (Å²) in [6.07, 6.45) is 4.37. The Morgan fingerprint density at radius 1 is 0.977 bits per heavy atom. The molecule has 0 aromatic heterocycles. The molecule has 224 valence electrons. The zero-order chi connectivity index (χ0) is 30.8. The Labute approximate surface area is 267 Å². The standard InChI is InChI=1S/C32H29BrCl2N2O6/c1-2-4-18-5-3-6-22(26(18)39)25-20-11-12-21-24(23(20)15-31(34)29(42)37(16-33)30(43)32(25,31)35)28(41)36(27(21)40)14-13-17-7-9-19(38)10-8-17/h2-3,5-11,21,23-25,38-39H,1,4,12-16H2/t21-,23+,24-,25+,31+,32-/m0/s1. The second kappa shape index (κ2) is 10.8. The largest absolute Gasteiger partial charge is 0.508 e. The number of carbonyl (C=O) groups is 4. The number of fused-ring (bicyclic) bond motifs is 4. The Bertz CT molecular complexity index is 1590. The van der Waals surface area contributed by atoms with Crippen LogP contribution in [0.3, 0.4) is 0 Å². The van der Waals surface area contributed by atoms with Gasteiger partial charge in [0.15, 0.2) is 9.75 Å². The maximum absolute atomic E-state index is 14.0. The number of benzene rings is 2. The Balaban J connectivity index is 1.44. The van der Waals surface area contributed by atoms with Crippen LogP contribution in [0.2, 0.25) is 0 Å². The van der Waals surface area contributed by atoms with Crippen LogP contribution in [0.15, 0.2) is 66.8 Å². The number of phenols is 2. The fraction of sp³-hybridized carbons (Fsp3) is 0.375. The molecule has 43 heavy (non-hydrogen) atoms. The van der Waals surface area contributed by atoms with Crippen molar-refractivity contribution in [1.29, 1.82) is 0 Å². The number of para-hydroxylation sites is 1. The van der Waals surface area contributed by atoms with E-state index in [1.165, 1.54) is 4.90 Å². The highest BCUT2D eigenvalue weighted by Crippen LogP contribution is 2.66. The molecule has 2 aliphatic carbocycles. The molecule has 3 fully saturated rings. The number of amides is 4. The van der Waals surface area contributed by atoms with Crippen molar-refractivity contribution < 1.29 is 29.4 Å². The summed E-state index contributed by atoms with van der Waals surface area (Å²) >= 11 is 17.7. The predicted molar refractivity (Wildman–Crippen MR) is 164 cm³/mol. The number of allylic oxidation sites excluding steroid dienone is 3. The summed E-state index contributed by atoms with van der Waals surface area (Å²) in [6.45, 7) is 3.92. The van der Waals surface area contributed by atoms with Crippen LogP contribution in [0.1, 0.15) is 35.4 Å². The second-order valence-corrected chi connectivity index (χ2v) is 13.3. The summed E-state index contributed by atoms with van der Waals surface area (Å²) < 4.78 is 0.